The average molecular weight is 369 g/mol. The van der Waals surface area contributed by atoms with Crippen molar-refractivity contribution in [2.45, 2.75) is 65.0 Å². The molecule has 0 aromatic heterocycles. The van der Waals surface area contributed by atoms with Gasteiger partial charge < -0.3 is 10.1 Å². The molecule has 2 aliphatic rings. The number of carbonyl (C=O) groups is 1. The zero-order chi connectivity index (χ0) is 19.4. The lowest BCUT2D eigenvalue weighted by Gasteiger charge is -2.31. The highest BCUT2D eigenvalue weighted by molar-refractivity contribution is 5.72. The average Bonchev–Trinajstić information content (AvgIpc) is 3.14. The smallest absolute Gasteiger partial charge is 0.414 e. The van der Waals surface area contributed by atoms with Crippen LogP contribution < -0.4 is 5.32 Å². The molecule has 0 spiro atoms. The third-order valence-electron chi connectivity index (χ3n) is 5.02. The highest BCUT2D eigenvalue weighted by atomic mass is 16.6. The second-order valence-corrected chi connectivity index (χ2v) is 8.64. The van der Waals surface area contributed by atoms with E-state index in [1.807, 2.05) is 31.7 Å². The Morgan fingerprint density at radius 1 is 1.26 bits per heavy atom. The molecule has 1 amide bonds. The third-order valence-corrected chi connectivity index (χ3v) is 5.02. The number of nitrogens with one attached hydrogen (secondary N) is 1. The van der Waals surface area contributed by atoms with E-state index in [-0.39, 0.29) is 12.1 Å². The SMILES string of the molecule is C/C(=C\c1ccccc1)CNCC1CC2=C(CCC2)N1C(=O)OC(C)(C)C. The van der Waals surface area contributed by atoms with Gasteiger partial charge in [-0.2, -0.15) is 0 Å². The van der Waals surface area contributed by atoms with Crippen LogP contribution in [-0.2, 0) is 4.74 Å². The van der Waals surface area contributed by atoms with Crippen LogP contribution in [0.5, 0.6) is 0 Å². The zero-order valence-electron chi connectivity index (χ0n) is 17.0. The maximum atomic E-state index is 12.8. The molecule has 0 saturated carbocycles. The van der Waals surface area contributed by atoms with Gasteiger partial charge in [0.05, 0.1) is 6.04 Å². The van der Waals surface area contributed by atoms with Gasteiger partial charge in [0, 0.05) is 18.8 Å². The summed E-state index contributed by atoms with van der Waals surface area (Å²) < 4.78 is 5.68. The highest BCUT2D eigenvalue weighted by Gasteiger charge is 2.39. The molecule has 1 aliphatic carbocycles. The predicted molar refractivity (Wildman–Crippen MR) is 110 cm³/mol. The molecule has 1 aromatic carbocycles. The molecule has 4 nitrogen and oxygen atoms in total. The fraction of sp³-hybridized carbons (Fsp3) is 0.522. The second-order valence-electron chi connectivity index (χ2n) is 8.64. The van der Waals surface area contributed by atoms with E-state index in [1.54, 1.807) is 0 Å². The highest BCUT2D eigenvalue weighted by Crippen LogP contribution is 2.40. The van der Waals surface area contributed by atoms with Crippen molar-refractivity contribution in [3.8, 4) is 0 Å². The van der Waals surface area contributed by atoms with E-state index in [0.717, 1.165) is 38.8 Å². The van der Waals surface area contributed by atoms with Crippen LogP contribution in [0.2, 0.25) is 0 Å². The molecule has 1 unspecified atom stereocenters. The van der Waals surface area contributed by atoms with Gasteiger partial charge in [-0.15, -0.1) is 0 Å². The molecule has 4 heteroatoms. The lowest BCUT2D eigenvalue weighted by atomic mass is 10.1. The molecule has 146 valence electrons. The monoisotopic (exact) mass is 368 g/mol. The Labute approximate surface area is 163 Å². The minimum Gasteiger partial charge on any atom is -0.443 e. The predicted octanol–water partition coefficient (Wildman–Crippen LogP) is 5.13. The van der Waals surface area contributed by atoms with E-state index >= 15 is 0 Å². The van der Waals surface area contributed by atoms with E-state index in [0.29, 0.717) is 0 Å². The first-order valence-corrected chi connectivity index (χ1v) is 9.99. The Balaban J connectivity index is 1.58. The second kappa shape index (κ2) is 8.30. The maximum absolute atomic E-state index is 12.8. The lowest BCUT2D eigenvalue weighted by Crippen LogP contribution is -2.44. The Morgan fingerprint density at radius 2 is 2.00 bits per heavy atom. The summed E-state index contributed by atoms with van der Waals surface area (Å²) in [4.78, 5) is 14.7. The van der Waals surface area contributed by atoms with E-state index in [4.69, 9.17) is 4.74 Å². The van der Waals surface area contributed by atoms with Crippen molar-refractivity contribution < 1.29 is 9.53 Å². The van der Waals surface area contributed by atoms with Gasteiger partial charge in [0.15, 0.2) is 0 Å². The van der Waals surface area contributed by atoms with Gasteiger partial charge in [0.25, 0.3) is 0 Å². The molecular weight excluding hydrogens is 336 g/mol. The maximum Gasteiger partial charge on any atom is 0.414 e. The lowest BCUT2D eigenvalue weighted by molar-refractivity contribution is 0.0259. The summed E-state index contributed by atoms with van der Waals surface area (Å²) in [5.41, 5.74) is 4.69. The number of carbonyl (C=O) groups excluding carboxylic acids is 1. The summed E-state index contributed by atoms with van der Waals surface area (Å²) in [7, 11) is 0. The van der Waals surface area contributed by atoms with Crippen LogP contribution in [0.15, 0.2) is 47.2 Å². The number of benzene rings is 1. The van der Waals surface area contributed by atoms with Crippen LogP contribution in [0.25, 0.3) is 6.08 Å². The van der Waals surface area contributed by atoms with Crippen LogP contribution in [-0.4, -0.2) is 35.7 Å². The van der Waals surface area contributed by atoms with Crippen molar-refractivity contribution >= 4 is 12.2 Å². The van der Waals surface area contributed by atoms with Crippen molar-refractivity contribution in [1.82, 2.24) is 10.2 Å². The summed E-state index contributed by atoms with van der Waals surface area (Å²) >= 11 is 0. The molecule has 27 heavy (non-hydrogen) atoms. The number of likely N-dealkylation sites (tertiary alicyclic amines) is 1. The van der Waals surface area contributed by atoms with Gasteiger partial charge in [-0.3, -0.25) is 4.90 Å². The number of rotatable bonds is 5. The van der Waals surface area contributed by atoms with Gasteiger partial charge in [-0.1, -0.05) is 42.0 Å². The van der Waals surface area contributed by atoms with Crippen LogP contribution in [0, 0.1) is 0 Å². The Morgan fingerprint density at radius 3 is 2.70 bits per heavy atom. The van der Waals surface area contributed by atoms with Crippen molar-refractivity contribution in [3.05, 3.63) is 52.7 Å². The van der Waals surface area contributed by atoms with Gasteiger partial charge in [-0.25, -0.2) is 4.79 Å². The van der Waals surface area contributed by atoms with Crippen molar-refractivity contribution in [2.24, 2.45) is 0 Å². The summed E-state index contributed by atoms with van der Waals surface area (Å²) in [6.45, 7) is 9.52. The molecule has 0 radical (unpaired) electrons. The molecular formula is C23H32N2O2. The van der Waals surface area contributed by atoms with Crippen molar-refractivity contribution in [2.75, 3.05) is 13.1 Å². The normalized spacial score (nSPS) is 20.2. The number of hydrogen-bond acceptors (Lipinski definition) is 3. The van der Waals surface area contributed by atoms with Crippen molar-refractivity contribution in [1.29, 1.82) is 0 Å². The molecule has 0 saturated heterocycles. The number of hydrogen-bond donors (Lipinski definition) is 1. The molecule has 0 fully saturated rings. The quantitative estimate of drug-likeness (QED) is 0.783. The summed E-state index contributed by atoms with van der Waals surface area (Å²) in [5, 5.41) is 3.54. The summed E-state index contributed by atoms with van der Waals surface area (Å²) in [6.07, 6.45) is 6.26. The Hall–Kier alpha value is -2.07. The standard InChI is InChI=1S/C23H32N2O2/c1-17(13-18-9-6-5-7-10-18)15-24-16-20-14-19-11-8-12-21(19)25(20)22(26)27-23(2,3)4/h5-7,9-10,13,20,24H,8,11-12,14-16H2,1-4H3/b17-13+. The number of ether oxygens (including phenoxy) is 1. The molecule has 1 aliphatic heterocycles. The van der Waals surface area contributed by atoms with E-state index in [1.165, 1.54) is 22.4 Å². The summed E-state index contributed by atoms with van der Waals surface area (Å²) in [5.74, 6) is 0. The number of allylic oxidation sites excluding steroid dienone is 1. The largest absolute Gasteiger partial charge is 0.443 e. The summed E-state index contributed by atoms with van der Waals surface area (Å²) in [6, 6.07) is 10.5. The van der Waals surface area contributed by atoms with E-state index < -0.39 is 5.60 Å². The third kappa shape index (κ3) is 5.23. The molecule has 0 bridgehead atoms. The first-order valence-electron chi connectivity index (χ1n) is 9.99. The van der Waals surface area contributed by atoms with Crippen molar-refractivity contribution in [3.63, 3.8) is 0 Å². The Bertz CT molecular complexity index is 728. The van der Waals surface area contributed by atoms with Crippen LogP contribution in [0.1, 0.15) is 58.9 Å². The van der Waals surface area contributed by atoms with E-state index in [2.05, 4.69) is 42.6 Å². The fourth-order valence-corrected chi connectivity index (χ4v) is 3.95. The van der Waals surface area contributed by atoms with Crippen LogP contribution in [0.3, 0.4) is 0 Å². The van der Waals surface area contributed by atoms with Gasteiger partial charge >= 0.3 is 6.09 Å². The Kier molecular flexibility index (Phi) is 6.05. The molecule has 1 aromatic rings. The van der Waals surface area contributed by atoms with E-state index in [9.17, 15) is 4.79 Å². The fourth-order valence-electron chi connectivity index (χ4n) is 3.95. The first kappa shape index (κ1) is 19.7. The molecule has 3 rings (SSSR count). The van der Waals surface area contributed by atoms with Crippen LogP contribution in [0.4, 0.5) is 4.79 Å². The minimum absolute atomic E-state index is 0.162. The molecule has 1 N–H and O–H groups in total. The van der Waals surface area contributed by atoms with Gasteiger partial charge in [-0.05, 0) is 64.5 Å². The van der Waals surface area contributed by atoms with Gasteiger partial charge in [0.2, 0.25) is 0 Å². The zero-order valence-corrected chi connectivity index (χ0v) is 17.0. The molecule has 1 heterocycles. The number of amides is 1. The molecule has 1 atom stereocenters. The topological polar surface area (TPSA) is 41.6 Å². The van der Waals surface area contributed by atoms with Crippen LogP contribution >= 0.6 is 0 Å². The first-order chi connectivity index (χ1) is 12.8. The number of nitrogens with zero attached hydrogens (tertiary/aromatic N) is 1. The van der Waals surface area contributed by atoms with Gasteiger partial charge in [0.1, 0.15) is 5.60 Å². The minimum atomic E-state index is -0.466.